The van der Waals surface area contributed by atoms with Gasteiger partial charge in [0, 0.05) is 38.2 Å². The number of ketones is 1. The van der Waals surface area contributed by atoms with Crippen LogP contribution < -0.4 is 10.6 Å². The van der Waals surface area contributed by atoms with Crippen molar-refractivity contribution in [2.75, 3.05) is 13.1 Å². The Morgan fingerprint density at radius 3 is 2.44 bits per heavy atom. The molecule has 5 rings (SSSR count). The first-order valence-corrected chi connectivity index (χ1v) is 16.4. The Labute approximate surface area is 300 Å². The minimum Gasteiger partial charge on any atom is -0.481 e. The number of hydrogen-bond acceptors (Lipinski definition) is 9. The summed E-state index contributed by atoms with van der Waals surface area (Å²) in [5.74, 6) is -3.03. The maximum absolute atomic E-state index is 13.6. The van der Waals surface area contributed by atoms with Crippen LogP contribution in [0.15, 0.2) is 54.7 Å². The number of nitrogens with zero attached hydrogens (tertiary/aromatic N) is 5. The Morgan fingerprint density at radius 2 is 1.79 bits per heavy atom. The molecule has 2 saturated heterocycles. The maximum Gasteiger partial charge on any atom is 0.435 e. The van der Waals surface area contributed by atoms with Gasteiger partial charge in [-0.25, -0.2) is 19.5 Å². The van der Waals surface area contributed by atoms with Gasteiger partial charge in [0.05, 0.1) is 11.6 Å². The third-order valence-corrected chi connectivity index (χ3v) is 8.01. The highest BCUT2D eigenvalue weighted by Gasteiger charge is 2.44. The highest BCUT2D eigenvalue weighted by atomic mass is 35.5. The molecular formula is C33H35ClF3N7O8. The number of benzene rings is 1. The molecule has 278 valence electrons. The number of hydrazine groups is 1. The second-order valence-electron chi connectivity index (χ2n) is 11.7. The summed E-state index contributed by atoms with van der Waals surface area (Å²) < 4.78 is 46.5. The smallest absolute Gasteiger partial charge is 0.435 e. The van der Waals surface area contributed by atoms with Crippen LogP contribution in [0.2, 0.25) is 5.02 Å². The fourth-order valence-corrected chi connectivity index (χ4v) is 5.51. The summed E-state index contributed by atoms with van der Waals surface area (Å²) in [5, 5.41) is 18.5. The van der Waals surface area contributed by atoms with Gasteiger partial charge >= 0.3 is 12.3 Å². The topological polar surface area (TPSA) is 193 Å². The monoisotopic (exact) mass is 749 g/mol. The summed E-state index contributed by atoms with van der Waals surface area (Å²) in [6.07, 6.45) is -4.21. The molecule has 4 amide bonds. The number of carbonyl (C=O) groups excluding carboxylic acids is 5. The van der Waals surface area contributed by atoms with Crippen LogP contribution in [0.3, 0.4) is 0 Å². The van der Waals surface area contributed by atoms with Crippen LogP contribution in [0.5, 0.6) is 0 Å². The van der Waals surface area contributed by atoms with E-state index in [4.69, 9.17) is 26.2 Å². The fourth-order valence-electron chi connectivity index (χ4n) is 5.40. The van der Waals surface area contributed by atoms with E-state index in [2.05, 4.69) is 20.7 Å². The van der Waals surface area contributed by atoms with Crippen LogP contribution in [-0.2, 0) is 47.9 Å². The van der Waals surface area contributed by atoms with E-state index in [1.165, 1.54) is 23.3 Å². The Hall–Kier alpha value is -5.52. The van der Waals surface area contributed by atoms with Gasteiger partial charge in [-0.1, -0.05) is 41.9 Å². The third kappa shape index (κ3) is 10.7. The summed E-state index contributed by atoms with van der Waals surface area (Å²) in [7, 11) is 0. The van der Waals surface area contributed by atoms with Crippen LogP contribution in [0.1, 0.15) is 56.0 Å². The Kier molecular flexibility index (Phi) is 13.3. The van der Waals surface area contributed by atoms with Gasteiger partial charge in [0.25, 0.3) is 11.9 Å². The van der Waals surface area contributed by atoms with Gasteiger partial charge in [-0.2, -0.15) is 18.3 Å². The molecule has 0 unspecified atom stereocenters. The zero-order valence-corrected chi connectivity index (χ0v) is 28.5. The molecule has 52 heavy (non-hydrogen) atoms. The number of aryl methyl sites for hydroxylation is 1. The molecule has 3 aromatic rings. The van der Waals surface area contributed by atoms with E-state index in [9.17, 15) is 37.1 Å². The van der Waals surface area contributed by atoms with Crippen LogP contribution in [0, 0.1) is 0 Å². The molecule has 0 bridgehead atoms. The van der Waals surface area contributed by atoms with E-state index >= 15 is 0 Å². The number of fused-ring (bicyclic) bond motifs is 1. The molecule has 2 fully saturated rings. The Morgan fingerprint density at radius 1 is 1.08 bits per heavy atom. The van der Waals surface area contributed by atoms with Gasteiger partial charge in [-0.15, -0.1) is 0 Å². The predicted molar refractivity (Wildman–Crippen MR) is 175 cm³/mol. The SMILES string of the molecule is CC(=O)O.O=C(CCc1cc(C(F)(F)F)nn1-c1ccc(Cl)cn1)CNC(=O)[C@@H]1CCCN2C(=O)CC[C@H](NC(=O)OCc3ccccc3)C(=O)N12. The van der Waals surface area contributed by atoms with E-state index in [1.807, 2.05) is 6.07 Å². The van der Waals surface area contributed by atoms with Crippen molar-refractivity contribution in [3.63, 3.8) is 0 Å². The van der Waals surface area contributed by atoms with Crippen LogP contribution in [0.25, 0.3) is 5.82 Å². The predicted octanol–water partition coefficient (Wildman–Crippen LogP) is 3.47. The number of aromatic nitrogens is 3. The quantitative estimate of drug-likeness (QED) is 0.277. The first kappa shape index (κ1) is 39.3. The van der Waals surface area contributed by atoms with Crippen molar-refractivity contribution >= 4 is 47.2 Å². The number of halogens is 4. The van der Waals surface area contributed by atoms with E-state index in [0.29, 0.717) is 6.42 Å². The van der Waals surface area contributed by atoms with Gasteiger partial charge in [-0.3, -0.25) is 29.0 Å². The van der Waals surface area contributed by atoms with Crippen molar-refractivity contribution in [3.8, 4) is 5.82 Å². The molecule has 0 saturated carbocycles. The van der Waals surface area contributed by atoms with Crippen LogP contribution in [-0.4, -0.2) is 90.6 Å². The van der Waals surface area contributed by atoms with Crippen molar-refractivity contribution in [2.24, 2.45) is 0 Å². The molecule has 2 aliphatic rings. The zero-order valence-electron chi connectivity index (χ0n) is 27.8. The number of pyridine rings is 1. The number of aliphatic carboxylic acids is 1. The molecule has 0 aliphatic carbocycles. The number of amides is 4. The number of carboxylic acid groups (broad SMARTS) is 1. The number of carbonyl (C=O) groups is 6. The molecular weight excluding hydrogens is 715 g/mol. The van der Waals surface area contributed by atoms with E-state index in [0.717, 1.165) is 28.2 Å². The third-order valence-electron chi connectivity index (χ3n) is 7.79. The van der Waals surface area contributed by atoms with Gasteiger partial charge < -0.3 is 20.5 Å². The standard InChI is InChI=1S/C31H31ClF3N7O6.C2H4O2/c32-20-8-12-26(36-16-20)41-21(15-25(39-41)31(33,34)35)9-10-22(43)17-37-28(45)24-7-4-14-40-27(44)13-11-23(29(46)42(24)40)38-30(47)48-18-19-5-2-1-3-6-19;1-2(3)4/h1-3,5-6,8,12,15-16,23-24H,4,7,9-11,13-14,17-18H2,(H,37,45)(H,38,47);1H3,(H,3,4)/t23-,24-;/m0./s1. The molecule has 4 heterocycles. The lowest BCUT2D eigenvalue weighted by Crippen LogP contribution is -2.63. The highest BCUT2D eigenvalue weighted by Crippen LogP contribution is 2.30. The lowest BCUT2D eigenvalue weighted by atomic mass is 10.1. The average molecular weight is 750 g/mol. The first-order chi connectivity index (χ1) is 24.6. The molecule has 2 atom stereocenters. The van der Waals surface area contributed by atoms with Crippen molar-refractivity contribution in [1.82, 2.24) is 35.4 Å². The number of carboxylic acids is 1. The summed E-state index contributed by atoms with van der Waals surface area (Å²) in [6, 6.07) is 10.3. The van der Waals surface area contributed by atoms with Gasteiger partial charge in [-0.05, 0) is 49.4 Å². The van der Waals surface area contributed by atoms with Crippen molar-refractivity contribution < 1.29 is 51.8 Å². The molecule has 3 N–H and O–H groups in total. The Balaban J connectivity index is 0.00000144. The highest BCUT2D eigenvalue weighted by molar-refractivity contribution is 6.30. The largest absolute Gasteiger partial charge is 0.481 e. The van der Waals surface area contributed by atoms with Gasteiger partial charge in [0.1, 0.15) is 18.7 Å². The number of ether oxygens (including phenoxy) is 1. The molecule has 15 nitrogen and oxygen atoms in total. The minimum absolute atomic E-state index is 0.00386. The number of alkyl carbamates (subject to hydrolysis) is 1. The van der Waals surface area contributed by atoms with Gasteiger partial charge in [0.2, 0.25) is 11.8 Å². The normalized spacial score (nSPS) is 17.2. The molecule has 0 spiro atoms. The average Bonchev–Trinajstić information content (AvgIpc) is 3.51. The lowest BCUT2D eigenvalue weighted by molar-refractivity contribution is -0.176. The summed E-state index contributed by atoms with van der Waals surface area (Å²) >= 11 is 5.84. The first-order valence-electron chi connectivity index (χ1n) is 16.0. The summed E-state index contributed by atoms with van der Waals surface area (Å²) in [6.45, 7) is 0.762. The second-order valence-corrected chi connectivity index (χ2v) is 12.1. The van der Waals surface area contributed by atoms with Gasteiger partial charge in [0.15, 0.2) is 17.3 Å². The summed E-state index contributed by atoms with van der Waals surface area (Å²) in [5.41, 5.74) is -0.362. The molecule has 1 aromatic carbocycles. The molecule has 2 aromatic heterocycles. The minimum atomic E-state index is -4.73. The molecule has 2 aliphatic heterocycles. The fraction of sp³-hybridized carbons (Fsp3) is 0.394. The zero-order chi connectivity index (χ0) is 38.0. The number of alkyl halides is 3. The number of rotatable bonds is 10. The maximum atomic E-state index is 13.6. The Bertz CT molecular complexity index is 1770. The van der Waals surface area contributed by atoms with Crippen LogP contribution >= 0.6 is 11.6 Å². The lowest BCUT2D eigenvalue weighted by Gasteiger charge is -2.42. The van der Waals surface area contributed by atoms with E-state index in [1.54, 1.807) is 24.3 Å². The summed E-state index contributed by atoms with van der Waals surface area (Å²) in [4.78, 5) is 78.1. The molecule has 19 heteroatoms. The number of Topliss-reactive ketones (excluding diaryl/α,β-unsaturated/α-hetero) is 1. The van der Waals surface area contributed by atoms with Crippen molar-refractivity contribution in [2.45, 2.75) is 70.3 Å². The van der Waals surface area contributed by atoms with E-state index in [-0.39, 0.29) is 61.8 Å². The number of nitrogens with one attached hydrogen (secondary N) is 2. The second kappa shape index (κ2) is 17.6. The van der Waals surface area contributed by atoms with Crippen LogP contribution in [0.4, 0.5) is 18.0 Å². The van der Waals surface area contributed by atoms with Crippen molar-refractivity contribution in [3.05, 3.63) is 76.7 Å². The number of hydrogen-bond donors (Lipinski definition) is 3. The van der Waals surface area contributed by atoms with E-state index < -0.39 is 66.1 Å². The molecule has 0 radical (unpaired) electrons. The van der Waals surface area contributed by atoms with Crippen molar-refractivity contribution in [1.29, 1.82) is 0 Å².